The number of H-pyrrole nitrogens is 1. The van der Waals surface area contributed by atoms with Crippen LogP contribution in [0, 0.1) is 0 Å². The molecule has 1 fully saturated rings. The van der Waals surface area contributed by atoms with Gasteiger partial charge >= 0.3 is 0 Å². The second-order valence-corrected chi connectivity index (χ2v) is 5.36. The second-order valence-electron chi connectivity index (χ2n) is 4.19. The van der Waals surface area contributed by atoms with Crippen LogP contribution in [0.5, 0.6) is 0 Å². The van der Waals surface area contributed by atoms with Crippen molar-refractivity contribution in [1.29, 1.82) is 0 Å². The first-order chi connectivity index (χ1) is 8.24. The molecule has 0 aromatic carbocycles. The van der Waals surface area contributed by atoms with E-state index in [0.717, 1.165) is 37.6 Å². The molecule has 2 rings (SSSR count). The van der Waals surface area contributed by atoms with Crippen molar-refractivity contribution in [1.82, 2.24) is 9.97 Å². The summed E-state index contributed by atoms with van der Waals surface area (Å²) in [6.07, 6.45) is 5.94. The summed E-state index contributed by atoms with van der Waals surface area (Å²) in [6.45, 7) is 0.934. The average Bonchev–Trinajstić information content (AvgIpc) is 2.78. The zero-order chi connectivity index (χ0) is 12.3. The maximum absolute atomic E-state index is 11.5. The molecular weight excluding hydrogens is 305 g/mol. The summed E-state index contributed by atoms with van der Waals surface area (Å²) in [5.74, 6) is 0.632. The van der Waals surface area contributed by atoms with Crippen LogP contribution in [0.15, 0.2) is 11.1 Å². The summed E-state index contributed by atoms with van der Waals surface area (Å²) < 4.78 is 0. The van der Waals surface area contributed by atoms with Crippen LogP contribution < -0.4 is 10.5 Å². The standard InChI is InChI=1S/C11H15BrClN3O/c12-5-1-3-8-4-2-6-16(8)10-9(13)11(17)15-7-14-10/h7-8H,1-6H2,(H,14,15,17). The lowest BCUT2D eigenvalue weighted by Crippen LogP contribution is -2.31. The third kappa shape index (κ3) is 2.83. The van der Waals surface area contributed by atoms with Gasteiger partial charge in [-0.25, -0.2) is 4.98 Å². The van der Waals surface area contributed by atoms with Gasteiger partial charge in [0.05, 0.1) is 6.33 Å². The number of rotatable bonds is 4. The van der Waals surface area contributed by atoms with E-state index in [1.165, 1.54) is 6.33 Å². The van der Waals surface area contributed by atoms with E-state index in [9.17, 15) is 4.79 Å². The molecule has 0 amide bonds. The van der Waals surface area contributed by atoms with Crippen LogP contribution in [0.3, 0.4) is 0 Å². The molecule has 6 heteroatoms. The quantitative estimate of drug-likeness (QED) is 0.868. The SMILES string of the molecule is O=c1[nH]cnc(N2CCCC2CCCBr)c1Cl. The molecular formula is C11H15BrClN3O. The molecule has 0 radical (unpaired) electrons. The fourth-order valence-corrected chi connectivity index (χ4v) is 2.84. The van der Waals surface area contributed by atoms with Crippen LogP contribution in [0.2, 0.25) is 5.02 Å². The predicted molar refractivity (Wildman–Crippen MR) is 73.3 cm³/mol. The predicted octanol–water partition coefficient (Wildman–Crippen LogP) is 2.57. The maximum atomic E-state index is 11.5. The molecule has 0 aliphatic carbocycles. The molecule has 2 heterocycles. The molecule has 4 nitrogen and oxygen atoms in total. The smallest absolute Gasteiger partial charge is 0.271 e. The Hall–Kier alpha value is -0.550. The van der Waals surface area contributed by atoms with Gasteiger partial charge in [-0.05, 0) is 25.7 Å². The number of hydrogen-bond acceptors (Lipinski definition) is 3. The first-order valence-corrected chi connectivity index (χ1v) is 7.29. The van der Waals surface area contributed by atoms with Crippen LogP contribution >= 0.6 is 27.5 Å². The Labute approximate surface area is 114 Å². The number of nitrogens with zero attached hydrogens (tertiary/aromatic N) is 2. The third-order valence-corrected chi connectivity index (χ3v) is 4.00. The molecule has 0 bridgehead atoms. The highest BCUT2D eigenvalue weighted by molar-refractivity contribution is 9.09. The van der Waals surface area contributed by atoms with Gasteiger partial charge in [0.25, 0.3) is 5.56 Å². The number of halogens is 2. The minimum absolute atomic E-state index is 0.207. The Morgan fingerprint density at radius 1 is 1.65 bits per heavy atom. The van der Waals surface area contributed by atoms with E-state index in [1.807, 2.05) is 0 Å². The van der Waals surface area contributed by atoms with Crippen molar-refractivity contribution in [2.24, 2.45) is 0 Å². The Bertz CT molecular complexity index is 437. The van der Waals surface area contributed by atoms with Crippen LogP contribution in [-0.4, -0.2) is 27.9 Å². The van der Waals surface area contributed by atoms with Crippen molar-refractivity contribution in [3.63, 3.8) is 0 Å². The largest absolute Gasteiger partial charge is 0.352 e. The number of anilines is 1. The molecule has 1 aromatic rings. The monoisotopic (exact) mass is 319 g/mol. The lowest BCUT2D eigenvalue weighted by molar-refractivity contribution is 0.600. The van der Waals surface area contributed by atoms with Crippen LogP contribution in [-0.2, 0) is 0 Å². The normalized spacial score (nSPS) is 19.9. The van der Waals surface area contributed by atoms with E-state index in [1.54, 1.807) is 0 Å². The lowest BCUT2D eigenvalue weighted by atomic mass is 10.1. The third-order valence-electron chi connectivity index (χ3n) is 3.10. The fraction of sp³-hybridized carbons (Fsp3) is 0.636. The van der Waals surface area contributed by atoms with E-state index in [4.69, 9.17) is 11.6 Å². The molecule has 0 spiro atoms. The summed E-state index contributed by atoms with van der Waals surface area (Å²) in [7, 11) is 0. The van der Waals surface area contributed by atoms with Gasteiger partial charge in [0.2, 0.25) is 0 Å². The summed E-state index contributed by atoms with van der Waals surface area (Å²) in [5.41, 5.74) is -0.261. The van der Waals surface area contributed by atoms with Gasteiger partial charge in [0.15, 0.2) is 5.82 Å². The van der Waals surface area contributed by atoms with E-state index in [2.05, 4.69) is 30.8 Å². The molecule has 1 aromatic heterocycles. The van der Waals surface area contributed by atoms with E-state index >= 15 is 0 Å². The van der Waals surface area contributed by atoms with Gasteiger partial charge in [-0.2, -0.15) is 0 Å². The Morgan fingerprint density at radius 2 is 2.47 bits per heavy atom. The molecule has 1 atom stereocenters. The van der Waals surface area contributed by atoms with Gasteiger partial charge in [-0.1, -0.05) is 27.5 Å². The van der Waals surface area contributed by atoms with Crippen molar-refractivity contribution in [3.8, 4) is 0 Å². The molecule has 1 aliphatic heterocycles. The molecule has 1 aliphatic rings. The van der Waals surface area contributed by atoms with Gasteiger partial charge < -0.3 is 9.88 Å². The number of aromatic nitrogens is 2. The van der Waals surface area contributed by atoms with Crippen molar-refractivity contribution < 1.29 is 0 Å². The molecule has 94 valence electrons. The average molecular weight is 321 g/mol. The number of alkyl halides is 1. The lowest BCUT2D eigenvalue weighted by Gasteiger charge is -2.25. The van der Waals surface area contributed by atoms with Crippen LogP contribution in [0.4, 0.5) is 5.82 Å². The zero-order valence-corrected chi connectivity index (χ0v) is 11.8. The van der Waals surface area contributed by atoms with Gasteiger partial charge in [-0.3, -0.25) is 4.79 Å². The molecule has 1 unspecified atom stereocenters. The first kappa shape index (κ1) is 12.9. The van der Waals surface area contributed by atoms with Gasteiger partial charge in [-0.15, -0.1) is 0 Å². The minimum Gasteiger partial charge on any atom is -0.352 e. The second kappa shape index (κ2) is 5.87. The number of aromatic amines is 1. The minimum atomic E-state index is -0.261. The van der Waals surface area contributed by atoms with Crippen molar-refractivity contribution in [2.75, 3.05) is 16.8 Å². The van der Waals surface area contributed by atoms with Crippen LogP contribution in [0.25, 0.3) is 0 Å². The van der Waals surface area contributed by atoms with Crippen molar-refractivity contribution in [3.05, 3.63) is 21.7 Å². The Kier molecular flexibility index (Phi) is 4.45. The maximum Gasteiger partial charge on any atom is 0.271 e. The molecule has 1 N–H and O–H groups in total. The number of nitrogens with one attached hydrogen (secondary N) is 1. The highest BCUT2D eigenvalue weighted by Crippen LogP contribution is 2.29. The zero-order valence-electron chi connectivity index (χ0n) is 9.46. The van der Waals surface area contributed by atoms with E-state index in [0.29, 0.717) is 11.9 Å². The van der Waals surface area contributed by atoms with Crippen LogP contribution in [0.1, 0.15) is 25.7 Å². The van der Waals surface area contributed by atoms with E-state index < -0.39 is 0 Å². The summed E-state index contributed by atoms with van der Waals surface area (Å²) in [6, 6.07) is 0.458. The van der Waals surface area contributed by atoms with Crippen molar-refractivity contribution >= 4 is 33.3 Å². The highest BCUT2D eigenvalue weighted by Gasteiger charge is 2.27. The molecule has 0 saturated carbocycles. The summed E-state index contributed by atoms with van der Waals surface area (Å²) in [5, 5.41) is 1.21. The molecule has 17 heavy (non-hydrogen) atoms. The summed E-state index contributed by atoms with van der Waals surface area (Å²) >= 11 is 9.46. The molecule has 1 saturated heterocycles. The van der Waals surface area contributed by atoms with E-state index in [-0.39, 0.29) is 10.6 Å². The van der Waals surface area contributed by atoms with Crippen molar-refractivity contribution in [2.45, 2.75) is 31.7 Å². The van der Waals surface area contributed by atoms with Gasteiger partial charge in [0.1, 0.15) is 5.02 Å². The Balaban J connectivity index is 2.20. The fourth-order valence-electron chi connectivity index (χ4n) is 2.30. The highest BCUT2D eigenvalue weighted by atomic mass is 79.9. The first-order valence-electron chi connectivity index (χ1n) is 5.80. The number of hydrogen-bond donors (Lipinski definition) is 1. The topological polar surface area (TPSA) is 49.0 Å². The van der Waals surface area contributed by atoms with Gasteiger partial charge in [0, 0.05) is 17.9 Å². The Morgan fingerprint density at radius 3 is 3.24 bits per heavy atom. The summed E-state index contributed by atoms with van der Waals surface area (Å²) in [4.78, 5) is 20.3.